The molecule has 0 aliphatic carbocycles. The van der Waals surface area contributed by atoms with Gasteiger partial charge in [0.2, 0.25) is 5.88 Å². The zero-order valence-corrected chi connectivity index (χ0v) is 14.4. The number of hydrogen-bond donors (Lipinski definition) is 0. The van der Waals surface area contributed by atoms with Crippen molar-refractivity contribution in [3.63, 3.8) is 0 Å². The Kier molecular flexibility index (Phi) is 4.31. The van der Waals surface area contributed by atoms with E-state index in [9.17, 15) is 8.78 Å². The number of nitrogens with zero attached hydrogens (tertiary/aromatic N) is 2. The molecule has 0 aliphatic rings. The molecule has 2 aromatic heterocycles. The molecule has 3 nitrogen and oxygen atoms in total. The molecule has 0 bridgehead atoms. The summed E-state index contributed by atoms with van der Waals surface area (Å²) in [5.41, 5.74) is 3.34. The predicted molar refractivity (Wildman–Crippen MR) is 99.5 cm³/mol. The van der Waals surface area contributed by atoms with Crippen LogP contribution in [0.3, 0.4) is 0 Å². The van der Waals surface area contributed by atoms with Gasteiger partial charge in [0, 0.05) is 12.1 Å². The van der Waals surface area contributed by atoms with Crippen molar-refractivity contribution in [2.75, 3.05) is 7.11 Å². The highest BCUT2D eigenvalue weighted by Gasteiger charge is 2.10. The second kappa shape index (κ2) is 6.93. The van der Waals surface area contributed by atoms with E-state index in [1.165, 1.54) is 12.1 Å². The van der Waals surface area contributed by atoms with Crippen molar-refractivity contribution in [2.24, 2.45) is 0 Å². The second-order valence-electron chi connectivity index (χ2n) is 5.86. The molecule has 0 unspecified atom stereocenters. The largest absolute Gasteiger partial charge is 0.482 e. The molecule has 132 valence electrons. The Morgan fingerprint density at radius 2 is 1.74 bits per heavy atom. The van der Waals surface area contributed by atoms with Crippen molar-refractivity contribution in [1.82, 2.24) is 9.38 Å². The average molecular weight is 360 g/mol. The van der Waals surface area contributed by atoms with Crippen LogP contribution in [0, 0.1) is 23.5 Å². The molecule has 5 heteroatoms. The molecule has 4 aromatic rings. The first kappa shape index (κ1) is 16.8. The Bertz CT molecular complexity index is 1190. The molecular weight excluding hydrogens is 346 g/mol. The zero-order chi connectivity index (χ0) is 18.8. The van der Waals surface area contributed by atoms with Crippen LogP contribution >= 0.6 is 0 Å². The van der Waals surface area contributed by atoms with E-state index in [2.05, 4.69) is 16.8 Å². The highest BCUT2D eigenvalue weighted by Crippen LogP contribution is 2.27. The highest BCUT2D eigenvalue weighted by molar-refractivity contribution is 5.70. The van der Waals surface area contributed by atoms with Crippen LogP contribution in [0.25, 0.3) is 16.8 Å². The molecule has 0 radical (unpaired) electrons. The Morgan fingerprint density at radius 1 is 0.926 bits per heavy atom. The minimum Gasteiger partial charge on any atom is -0.482 e. The molecule has 0 amide bonds. The van der Waals surface area contributed by atoms with Crippen molar-refractivity contribution < 1.29 is 13.5 Å². The summed E-state index contributed by atoms with van der Waals surface area (Å²) < 4.78 is 34.1. The van der Waals surface area contributed by atoms with E-state index in [4.69, 9.17) is 4.74 Å². The number of hydrogen-bond acceptors (Lipinski definition) is 2. The fourth-order valence-electron chi connectivity index (χ4n) is 2.84. The summed E-state index contributed by atoms with van der Waals surface area (Å²) in [5.74, 6) is 4.84. The maximum absolute atomic E-state index is 13.8. The zero-order valence-electron chi connectivity index (χ0n) is 14.4. The van der Waals surface area contributed by atoms with E-state index < -0.39 is 11.6 Å². The molecule has 0 N–H and O–H groups in total. The normalized spacial score (nSPS) is 10.5. The average Bonchev–Trinajstić information content (AvgIpc) is 3.10. The van der Waals surface area contributed by atoms with Gasteiger partial charge in [0.25, 0.3) is 0 Å². The molecule has 0 fully saturated rings. The second-order valence-corrected chi connectivity index (χ2v) is 5.86. The number of aromatic nitrogens is 2. The predicted octanol–water partition coefficient (Wildman–Crippen LogP) is 4.69. The van der Waals surface area contributed by atoms with Crippen LogP contribution in [0.4, 0.5) is 8.78 Å². The number of methoxy groups -OCH3 is 1. The Morgan fingerprint density at radius 3 is 2.48 bits per heavy atom. The molecule has 0 spiro atoms. The summed E-state index contributed by atoms with van der Waals surface area (Å²) in [7, 11) is 1.57. The number of pyridine rings is 1. The minimum atomic E-state index is -0.699. The summed E-state index contributed by atoms with van der Waals surface area (Å²) in [5, 5.41) is 0. The summed E-state index contributed by atoms with van der Waals surface area (Å²) in [6, 6.07) is 17.0. The van der Waals surface area contributed by atoms with E-state index in [0.29, 0.717) is 17.2 Å². The fraction of sp³-hybridized carbons (Fsp3) is 0.0455. The maximum Gasteiger partial charge on any atom is 0.200 e. The molecule has 0 atom stereocenters. The van der Waals surface area contributed by atoms with E-state index in [1.54, 1.807) is 17.7 Å². The molecule has 2 heterocycles. The van der Waals surface area contributed by atoms with Crippen LogP contribution in [0.5, 0.6) is 5.88 Å². The van der Waals surface area contributed by atoms with Gasteiger partial charge in [-0.2, -0.15) is 0 Å². The van der Waals surface area contributed by atoms with Crippen molar-refractivity contribution in [3.8, 4) is 28.8 Å². The number of halogens is 2. The van der Waals surface area contributed by atoms with Gasteiger partial charge in [0.15, 0.2) is 0 Å². The van der Waals surface area contributed by atoms with Gasteiger partial charge in [-0.15, -0.1) is 0 Å². The van der Waals surface area contributed by atoms with Crippen molar-refractivity contribution in [2.45, 2.75) is 0 Å². The first-order valence-electron chi connectivity index (χ1n) is 8.24. The van der Waals surface area contributed by atoms with Crippen molar-refractivity contribution in [3.05, 3.63) is 89.8 Å². The number of imidazole rings is 1. The van der Waals surface area contributed by atoms with Gasteiger partial charge in [-0.1, -0.05) is 36.3 Å². The first-order valence-corrected chi connectivity index (χ1v) is 8.24. The SMILES string of the molecule is COc1cc(-c2ccccc2)cc2ncc(C#Cc3ccc(F)cc3F)n12. The highest BCUT2D eigenvalue weighted by atomic mass is 19.1. The smallest absolute Gasteiger partial charge is 0.200 e. The van der Waals surface area contributed by atoms with Crippen LogP contribution in [0.2, 0.25) is 0 Å². The molecule has 0 aliphatic heterocycles. The van der Waals surface area contributed by atoms with Gasteiger partial charge in [-0.25, -0.2) is 13.8 Å². The molecule has 0 saturated heterocycles. The first-order chi connectivity index (χ1) is 13.2. The Hall–Kier alpha value is -3.65. The van der Waals surface area contributed by atoms with Gasteiger partial charge in [-0.3, -0.25) is 4.40 Å². The van der Waals surface area contributed by atoms with Crippen molar-refractivity contribution >= 4 is 5.65 Å². The number of ether oxygens (including phenoxy) is 1. The standard InChI is InChI=1S/C22H14F2N2O/c1-27-22-12-17(15-5-3-2-4-6-15)11-21-25-14-19(26(21)22)10-8-16-7-9-18(23)13-20(16)24/h2-7,9,11-14H,1H3. The minimum absolute atomic E-state index is 0.117. The molecule has 27 heavy (non-hydrogen) atoms. The molecule has 2 aromatic carbocycles. The van der Waals surface area contributed by atoms with Crippen LogP contribution in [-0.2, 0) is 0 Å². The van der Waals surface area contributed by atoms with Gasteiger partial charge in [0.05, 0.1) is 18.9 Å². The van der Waals surface area contributed by atoms with E-state index in [0.717, 1.165) is 17.2 Å². The van der Waals surface area contributed by atoms with Crippen LogP contribution in [0.15, 0.2) is 66.9 Å². The lowest BCUT2D eigenvalue weighted by atomic mass is 10.1. The van der Waals surface area contributed by atoms with Crippen LogP contribution in [-0.4, -0.2) is 16.5 Å². The van der Waals surface area contributed by atoms with Gasteiger partial charge < -0.3 is 4.74 Å². The summed E-state index contributed by atoms with van der Waals surface area (Å²) in [6.45, 7) is 0. The third-order valence-electron chi connectivity index (χ3n) is 4.15. The topological polar surface area (TPSA) is 26.5 Å². The number of fused-ring (bicyclic) bond motifs is 1. The van der Waals surface area contributed by atoms with Crippen LogP contribution < -0.4 is 4.74 Å². The number of benzene rings is 2. The van der Waals surface area contributed by atoms with E-state index in [1.807, 2.05) is 42.5 Å². The summed E-state index contributed by atoms with van der Waals surface area (Å²) in [4.78, 5) is 4.39. The Balaban J connectivity index is 1.81. The van der Waals surface area contributed by atoms with Gasteiger partial charge >= 0.3 is 0 Å². The molecule has 0 saturated carbocycles. The van der Waals surface area contributed by atoms with Crippen molar-refractivity contribution in [1.29, 1.82) is 0 Å². The van der Waals surface area contributed by atoms with E-state index >= 15 is 0 Å². The monoisotopic (exact) mass is 360 g/mol. The lowest BCUT2D eigenvalue weighted by Crippen LogP contribution is -1.97. The Labute approximate surface area is 154 Å². The van der Waals surface area contributed by atoms with Gasteiger partial charge in [0.1, 0.15) is 23.0 Å². The molecule has 4 rings (SSSR count). The summed E-state index contributed by atoms with van der Waals surface area (Å²) in [6.07, 6.45) is 1.60. The third-order valence-corrected chi connectivity index (χ3v) is 4.15. The molecular formula is C22H14F2N2O. The van der Waals surface area contributed by atoms with E-state index in [-0.39, 0.29) is 5.56 Å². The lowest BCUT2D eigenvalue weighted by molar-refractivity contribution is 0.392. The number of rotatable bonds is 2. The summed E-state index contributed by atoms with van der Waals surface area (Å²) >= 11 is 0. The quantitative estimate of drug-likeness (QED) is 0.485. The van der Waals surface area contributed by atoms with Gasteiger partial charge in [-0.05, 0) is 35.2 Å². The maximum atomic E-state index is 13.8. The lowest BCUT2D eigenvalue weighted by Gasteiger charge is -2.09. The fourth-order valence-corrected chi connectivity index (χ4v) is 2.84. The van der Waals surface area contributed by atoms with Crippen LogP contribution in [0.1, 0.15) is 11.3 Å². The third kappa shape index (κ3) is 3.25.